The van der Waals surface area contributed by atoms with Gasteiger partial charge in [-0.05, 0) is 80.0 Å². The van der Waals surface area contributed by atoms with Crippen molar-refractivity contribution in [2.75, 3.05) is 6.61 Å². The Labute approximate surface area is 226 Å². The minimum atomic E-state index is -0.975. The number of Topliss-reactive ketones (excluding diaryl/α,β-unsaturated/α-hetero) is 1. The van der Waals surface area contributed by atoms with Crippen LogP contribution in [0.15, 0.2) is 0 Å². The zero-order chi connectivity index (χ0) is 27.0. The number of carboxylic acid groups (broad SMARTS) is 1. The molecule has 2 saturated heterocycles. The second-order valence-electron chi connectivity index (χ2n) is 14.3. The molecule has 6 rings (SSSR count). The van der Waals surface area contributed by atoms with E-state index in [0.717, 1.165) is 58.0 Å². The highest BCUT2D eigenvalue weighted by atomic mass is 16.7. The smallest absolute Gasteiger partial charge is 0.306 e. The maximum absolute atomic E-state index is 14.2. The fourth-order valence-electron chi connectivity index (χ4n) is 10.5. The van der Waals surface area contributed by atoms with Gasteiger partial charge in [0.1, 0.15) is 11.9 Å². The molecule has 2 aliphatic heterocycles. The number of ketones is 1. The normalized spacial score (nSPS) is 51.6. The molecule has 0 unspecified atom stereocenters. The number of esters is 1. The lowest BCUT2D eigenvalue weighted by Crippen LogP contribution is -2.58. The standard InChI is InChI=1S/C31H46O7/c1-17-9-12-31(36-16-17)18(2)28-24(38-31)14-23-21-6-5-19-13-20(37-27(35)8-7-26(33)34)10-11-29(19,3)22(21)15-25(32)30(23,28)4/h17-24,28H,5-16H2,1-4H3,(H,33,34)/t17-,18+,19+,20-,21-,22-,23-,24+,28+,29+,30-,31-/m1/s1. The SMILES string of the molecule is C[C@@H]1CC[C@@]2(OC1)O[C@H]1C[C@@H]3[C@@H]4CC[C@H]5C[C@H](OC(=O)CCC(=O)O)CC[C@]5(C)[C@@H]4CC(=O)[C@]3(C)[C@H]1[C@@H]2C. The third-order valence-corrected chi connectivity index (χ3v) is 12.6. The van der Waals surface area contributed by atoms with Crippen LogP contribution in [0, 0.1) is 52.3 Å². The summed E-state index contributed by atoms with van der Waals surface area (Å²) in [6, 6.07) is 0. The van der Waals surface area contributed by atoms with Crippen LogP contribution >= 0.6 is 0 Å². The average Bonchev–Trinajstić information content (AvgIpc) is 3.32. The van der Waals surface area contributed by atoms with E-state index in [4.69, 9.17) is 19.3 Å². The van der Waals surface area contributed by atoms with Gasteiger partial charge >= 0.3 is 11.9 Å². The van der Waals surface area contributed by atoms with Gasteiger partial charge in [0.15, 0.2) is 5.79 Å². The number of carbonyl (C=O) groups is 3. The van der Waals surface area contributed by atoms with Crippen molar-refractivity contribution in [3.63, 3.8) is 0 Å². The summed E-state index contributed by atoms with van der Waals surface area (Å²) in [5.41, 5.74) is -0.251. The number of carbonyl (C=O) groups excluding carboxylic acids is 2. The molecule has 0 bridgehead atoms. The van der Waals surface area contributed by atoms with Crippen molar-refractivity contribution in [2.24, 2.45) is 52.3 Å². The van der Waals surface area contributed by atoms with Gasteiger partial charge in [0.25, 0.3) is 0 Å². The summed E-state index contributed by atoms with van der Waals surface area (Å²) in [7, 11) is 0. The van der Waals surface area contributed by atoms with E-state index >= 15 is 0 Å². The van der Waals surface area contributed by atoms with E-state index < -0.39 is 17.7 Å². The van der Waals surface area contributed by atoms with Gasteiger partial charge in [-0.25, -0.2) is 0 Å². The molecule has 38 heavy (non-hydrogen) atoms. The highest BCUT2D eigenvalue weighted by Gasteiger charge is 2.71. The second-order valence-corrected chi connectivity index (χ2v) is 14.3. The molecule has 6 aliphatic rings. The van der Waals surface area contributed by atoms with Crippen molar-refractivity contribution in [3.05, 3.63) is 0 Å². The first-order chi connectivity index (χ1) is 18.0. The average molecular weight is 531 g/mol. The summed E-state index contributed by atoms with van der Waals surface area (Å²) >= 11 is 0. The van der Waals surface area contributed by atoms with Crippen molar-refractivity contribution < 1.29 is 33.7 Å². The van der Waals surface area contributed by atoms with E-state index in [2.05, 4.69) is 27.7 Å². The minimum Gasteiger partial charge on any atom is -0.481 e. The minimum absolute atomic E-state index is 0.0680. The van der Waals surface area contributed by atoms with E-state index in [1.54, 1.807) is 0 Å². The first-order valence-corrected chi connectivity index (χ1v) is 15.2. The van der Waals surface area contributed by atoms with Gasteiger partial charge in [0, 0.05) is 30.1 Å². The third-order valence-electron chi connectivity index (χ3n) is 12.6. The van der Waals surface area contributed by atoms with Crippen LogP contribution in [0.4, 0.5) is 0 Å². The zero-order valence-corrected chi connectivity index (χ0v) is 23.6. The molecule has 4 aliphatic carbocycles. The fraction of sp³-hybridized carbons (Fsp3) is 0.903. The lowest BCUT2D eigenvalue weighted by atomic mass is 9.44. The van der Waals surface area contributed by atoms with Crippen LogP contribution in [0.2, 0.25) is 0 Å². The molecule has 6 fully saturated rings. The van der Waals surface area contributed by atoms with E-state index in [-0.39, 0.29) is 47.7 Å². The van der Waals surface area contributed by atoms with Crippen molar-refractivity contribution >= 4 is 17.7 Å². The molecule has 1 spiro atoms. The fourth-order valence-corrected chi connectivity index (χ4v) is 10.5. The summed E-state index contributed by atoms with van der Waals surface area (Å²) in [6.07, 6.45) is 8.25. The summed E-state index contributed by atoms with van der Waals surface area (Å²) in [5.74, 6) is 1.32. The maximum atomic E-state index is 14.2. The Bertz CT molecular complexity index is 985. The lowest BCUT2D eigenvalue weighted by molar-refractivity contribution is -0.272. The molecule has 4 saturated carbocycles. The van der Waals surface area contributed by atoms with Crippen LogP contribution in [0.3, 0.4) is 0 Å². The van der Waals surface area contributed by atoms with Crippen LogP contribution < -0.4 is 0 Å². The second kappa shape index (κ2) is 9.29. The van der Waals surface area contributed by atoms with Crippen molar-refractivity contribution in [1.82, 2.24) is 0 Å². The monoisotopic (exact) mass is 530 g/mol. The predicted molar refractivity (Wildman–Crippen MR) is 139 cm³/mol. The Balaban J connectivity index is 1.17. The van der Waals surface area contributed by atoms with Crippen LogP contribution in [0.1, 0.15) is 98.3 Å². The molecule has 7 nitrogen and oxygen atoms in total. The van der Waals surface area contributed by atoms with Crippen LogP contribution in [0.5, 0.6) is 0 Å². The van der Waals surface area contributed by atoms with Crippen LogP contribution in [-0.2, 0) is 28.6 Å². The van der Waals surface area contributed by atoms with Gasteiger partial charge in [-0.1, -0.05) is 27.7 Å². The summed E-state index contributed by atoms with van der Waals surface area (Å²) < 4.78 is 18.9. The zero-order valence-electron chi connectivity index (χ0n) is 23.6. The van der Waals surface area contributed by atoms with Gasteiger partial charge in [-0.3, -0.25) is 14.4 Å². The molecule has 7 heteroatoms. The molecule has 0 radical (unpaired) electrons. The number of hydrogen-bond donors (Lipinski definition) is 1. The van der Waals surface area contributed by atoms with E-state index in [0.29, 0.717) is 41.8 Å². The molecular formula is C31H46O7. The summed E-state index contributed by atoms with van der Waals surface area (Å²) in [6.45, 7) is 9.94. The molecular weight excluding hydrogens is 484 g/mol. The van der Waals surface area contributed by atoms with E-state index in [1.807, 2.05) is 0 Å². The molecule has 0 amide bonds. The van der Waals surface area contributed by atoms with Crippen molar-refractivity contribution in [3.8, 4) is 0 Å². The van der Waals surface area contributed by atoms with E-state index in [9.17, 15) is 14.4 Å². The molecule has 0 aromatic rings. The quantitative estimate of drug-likeness (QED) is 0.487. The first-order valence-electron chi connectivity index (χ1n) is 15.2. The third kappa shape index (κ3) is 3.92. The maximum Gasteiger partial charge on any atom is 0.306 e. The van der Waals surface area contributed by atoms with Gasteiger partial charge in [-0.15, -0.1) is 0 Å². The molecule has 0 aromatic heterocycles. The number of carboxylic acids is 1. The Morgan fingerprint density at radius 2 is 1.82 bits per heavy atom. The molecule has 1 N–H and O–H groups in total. The highest BCUT2D eigenvalue weighted by Crippen LogP contribution is 2.70. The lowest BCUT2D eigenvalue weighted by Gasteiger charge is -2.60. The van der Waals surface area contributed by atoms with Crippen LogP contribution in [0.25, 0.3) is 0 Å². The largest absolute Gasteiger partial charge is 0.481 e. The summed E-state index contributed by atoms with van der Waals surface area (Å²) in [5, 5.41) is 8.86. The van der Waals surface area contributed by atoms with Gasteiger partial charge in [-0.2, -0.15) is 0 Å². The Morgan fingerprint density at radius 3 is 2.53 bits per heavy atom. The topological polar surface area (TPSA) is 99.1 Å². The van der Waals surface area contributed by atoms with Gasteiger partial charge in [0.2, 0.25) is 0 Å². The first kappa shape index (κ1) is 26.7. The Morgan fingerprint density at radius 1 is 1.03 bits per heavy atom. The predicted octanol–water partition coefficient (Wildman–Crippen LogP) is 5.39. The number of hydrogen-bond acceptors (Lipinski definition) is 6. The summed E-state index contributed by atoms with van der Waals surface area (Å²) in [4.78, 5) is 37.2. The highest BCUT2D eigenvalue weighted by molar-refractivity contribution is 5.87. The number of rotatable bonds is 4. The molecule has 212 valence electrons. The van der Waals surface area contributed by atoms with Gasteiger partial charge in [0.05, 0.1) is 25.6 Å². The van der Waals surface area contributed by atoms with Crippen molar-refractivity contribution in [2.45, 2.75) is 116 Å². The Kier molecular flexibility index (Phi) is 6.54. The van der Waals surface area contributed by atoms with Crippen LogP contribution in [-0.4, -0.2) is 47.4 Å². The van der Waals surface area contributed by atoms with E-state index in [1.165, 1.54) is 0 Å². The molecule has 0 aromatic carbocycles. The number of fused-ring (bicyclic) bond motifs is 7. The Hall–Kier alpha value is -1.47. The number of ether oxygens (including phenoxy) is 3. The van der Waals surface area contributed by atoms with Crippen molar-refractivity contribution in [1.29, 1.82) is 0 Å². The molecule has 12 atom stereocenters. The van der Waals surface area contributed by atoms with Gasteiger partial charge < -0.3 is 19.3 Å². The number of aliphatic carboxylic acids is 1. The molecule has 2 heterocycles.